The van der Waals surface area contributed by atoms with E-state index < -0.39 is 54.6 Å². The van der Waals surface area contributed by atoms with Gasteiger partial charge in [-0.1, -0.05) is 0 Å². The lowest BCUT2D eigenvalue weighted by atomic mass is 9.98. The molecule has 0 radical (unpaired) electrons. The molecule has 0 bridgehead atoms. The molecule has 1 aliphatic carbocycles. The average Bonchev–Trinajstić information content (AvgIpc) is 3.38. The number of carbonyl (C=O) groups excluding carboxylic acids is 4. The van der Waals surface area contributed by atoms with Crippen LogP contribution in [-0.4, -0.2) is 67.8 Å². The second-order valence-corrected chi connectivity index (χ2v) is 6.84. The van der Waals surface area contributed by atoms with Crippen molar-refractivity contribution in [2.24, 2.45) is 5.92 Å². The Morgan fingerprint density at radius 1 is 0.750 bits per heavy atom. The molecule has 158 valence electrons. The first kappa shape index (κ1) is 22.1. The molecule has 0 aromatic heterocycles. The summed E-state index contributed by atoms with van der Waals surface area (Å²) < 4.78 is 32.4. The van der Waals surface area contributed by atoms with Gasteiger partial charge >= 0.3 is 23.9 Å². The first-order valence-corrected chi connectivity index (χ1v) is 9.09. The molecule has 1 saturated carbocycles. The molecule has 2 fully saturated rings. The highest BCUT2D eigenvalue weighted by Crippen LogP contribution is 2.33. The molecular formula is C18H26O10. The Bertz CT molecular complexity index is 599. The molecule has 1 saturated heterocycles. The number of hydrogen-bond donors (Lipinski definition) is 0. The lowest BCUT2D eigenvalue weighted by Gasteiger charge is -2.44. The molecule has 10 heteroatoms. The smallest absolute Gasteiger partial charge is 0.303 e. The Morgan fingerprint density at radius 3 is 1.79 bits per heavy atom. The maximum Gasteiger partial charge on any atom is 0.303 e. The van der Waals surface area contributed by atoms with E-state index in [9.17, 15) is 19.2 Å². The third-order valence-electron chi connectivity index (χ3n) is 4.14. The highest BCUT2D eigenvalue weighted by atomic mass is 16.7. The quantitative estimate of drug-likeness (QED) is 0.419. The lowest BCUT2D eigenvalue weighted by Crippen LogP contribution is -2.63. The molecule has 0 N–H and O–H groups in total. The molecule has 2 rings (SSSR count). The van der Waals surface area contributed by atoms with E-state index in [1.807, 2.05) is 0 Å². The van der Waals surface area contributed by atoms with Gasteiger partial charge in [-0.25, -0.2) is 0 Å². The van der Waals surface area contributed by atoms with Crippen LogP contribution in [0.25, 0.3) is 0 Å². The molecule has 0 amide bonds. The summed E-state index contributed by atoms with van der Waals surface area (Å²) in [6, 6.07) is 0. The maximum atomic E-state index is 11.7. The molecule has 28 heavy (non-hydrogen) atoms. The van der Waals surface area contributed by atoms with E-state index in [0.717, 1.165) is 12.8 Å². The highest BCUT2D eigenvalue weighted by molar-refractivity contribution is 5.68. The maximum absolute atomic E-state index is 11.7. The van der Waals surface area contributed by atoms with Gasteiger partial charge in [0.15, 0.2) is 24.6 Å². The first-order chi connectivity index (χ1) is 13.2. The third kappa shape index (κ3) is 6.75. The number of ether oxygens (including phenoxy) is 6. The van der Waals surface area contributed by atoms with Crippen LogP contribution in [-0.2, 0) is 47.6 Å². The molecule has 2 aliphatic rings. The zero-order valence-corrected chi connectivity index (χ0v) is 16.4. The predicted molar refractivity (Wildman–Crippen MR) is 90.6 cm³/mol. The first-order valence-electron chi connectivity index (χ1n) is 9.09. The van der Waals surface area contributed by atoms with E-state index in [0.29, 0.717) is 12.5 Å². The highest BCUT2D eigenvalue weighted by Gasteiger charge is 2.53. The standard InChI is InChI=1S/C18H26O10/c1-9(19)23-8-14-15(25-10(2)20)16(26-11(3)21)17(27-12(4)22)18(28-14)24-7-13-5-6-13/h13-18H,5-8H2,1-4H3/t14-,15-,16+,17-,18-/m1/s1. The molecule has 10 nitrogen and oxygen atoms in total. The van der Waals surface area contributed by atoms with E-state index in [-0.39, 0.29) is 6.61 Å². The van der Waals surface area contributed by atoms with Crippen LogP contribution < -0.4 is 0 Å². The van der Waals surface area contributed by atoms with Crippen molar-refractivity contribution in [1.82, 2.24) is 0 Å². The van der Waals surface area contributed by atoms with Gasteiger partial charge < -0.3 is 28.4 Å². The van der Waals surface area contributed by atoms with Crippen molar-refractivity contribution in [3.63, 3.8) is 0 Å². The third-order valence-corrected chi connectivity index (χ3v) is 4.14. The summed E-state index contributed by atoms with van der Waals surface area (Å²) in [5, 5.41) is 0. The van der Waals surface area contributed by atoms with Gasteiger partial charge in [-0.3, -0.25) is 19.2 Å². The molecule has 0 aromatic carbocycles. The minimum atomic E-state index is -1.19. The number of hydrogen-bond acceptors (Lipinski definition) is 10. The van der Waals surface area contributed by atoms with Crippen LogP contribution in [0.15, 0.2) is 0 Å². The van der Waals surface area contributed by atoms with E-state index in [1.54, 1.807) is 0 Å². The van der Waals surface area contributed by atoms with E-state index >= 15 is 0 Å². The van der Waals surface area contributed by atoms with Crippen LogP contribution in [0.4, 0.5) is 0 Å². The monoisotopic (exact) mass is 402 g/mol. The molecule has 0 aromatic rings. The van der Waals surface area contributed by atoms with Crippen molar-refractivity contribution >= 4 is 23.9 Å². The second kappa shape index (κ2) is 9.83. The summed E-state index contributed by atoms with van der Waals surface area (Å²) in [6.45, 7) is 4.86. The fourth-order valence-corrected chi connectivity index (χ4v) is 2.84. The predicted octanol–water partition coefficient (Wildman–Crippen LogP) is 0.496. The summed E-state index contributed by atoms with van der Waals surface area (Å²) in [4.78, 5) is 46.1. The fourth-order valence-electron chi connectivity index (χ4n) is 2.84. The molecule has 1 heterocycles. The second-order valence-electron chi connectivity index (χ2n) is 6.84. The Kier molecular flexibility index (Phi) is 7.76. The Morgan fingerprint density at radius 2 is 1.29 bits per heavy atom. The molecular weight excluding hydrogens is 376 g/mol. The van der Waals surface area contributed by atoms with Crippen molar-refractivity contribution in [2.45, 2.75) is 71.2 Å². The summed E-state index contributed by atoms with van der Waals surface area (Å²) in [5.41, 5.74) is 0. The van der Waals surface area contributed by atoms with Crippen LogP contribution in [0.5, 0.6) is 0 Å². The van der Waals surface area contributed by atoms with Crippen LogP contribution >= 0.6 is 0 Å². The zero-order chi connectivity index (χ0) is 20.8. The van der Waals surface area contributed by atoms with Crippen LogP contribution in [0, 0.1) is 5.92 Å². The molecule has 0 unspecified atom stereocenters. The molecule has 0 spiro atoms. The summed E-state index contributed by atoms with van der Waals surface area (Å²) in [5.74, 6) is -2.17. The summed E-state index contributed by atoms with van der Waals surface area (Å²) in [6.07, 6.45) is -3.53. The van der Waals surface area contributed by atoms with E-state index in [1.165, 1.54) is 27.7 Å². The minimum Gasteiger partial charge on any atom is -0.463 e. The lowest BCUT2D eigenvalue weighted by molar-refractivity contribution is -0.308. The van der Waals surface area contributed by atoms with Crippen molar-refractivity contribution in [3.05, 3.63) is 0 Å². The van der Waals surface area contributed by atoms with Crippen molar-refractivity contribution in [1.29, 1.82) is 0 Å². The molecule has 1 aliphatic heterocycles. The van der Waals surface area contributed by atoms with Crippen LogP contribution in [0.2, 0.25) is 0 Å². The van der Waals surface area contributed by atoms with Gasteiger partial charge in [0.25, 0.3) is 0 Å². The van der Waals surface area contributed by atoms with E-state index in [4.69, 9.17) is 28.4 Å². The number of rotatable bonds is 8. The minimum absolute atomic E-state index is 0.263. The van der Waals surface area contributed by atoms with E-state index in [2.05, 4.69) is 0 Å². The van der Waals surface area contributed by atoms with Gasteiger partial charge in [-0.05, 0) is 18.8 Å². The Hall–Kier alpha value is -2.20. The SMILES string of the molecule is CC(=O)OC[C@H]1O[C@@H](OCC2CC2)[C@H](OC(C)=O)[C@@H](OC(C)=O)[C@@H]1OC(C)=O. The molecule has 5 atom stereocenters. The Balaban J connectivity index is 2.29. The normalized spacial score (nSPS) is 29.5. The van der Waals surface area contributed by atoms with Gasteiger partial charge in [-0.2, -0.15) is 0 Å². The number of carbonyl (C=O) groups is 4. The zero-order valence-electron chi connectivity index (χ0n) is 16.4. The summed E-state index contributed by atoms with van der Waals surface area (Å²) >= 11 is 0. The van der Waals surface area contributed by atoms with Gasteiger partial charge in [0.1, 0.15) is 12.7 Å². The fraction of sp³-hybridized carbons (Fsp3) is 0.778. The van der Waals surface area contributed by atoms with Gasteiger partial charge in [0.2, 0.25) is 0 Å². The van der Waals surface area contributed by atoms with Crippen molar-refractivity contribution in [2.75, 3.05) is 13.2 Å². The summed E-state index contributed by atoms with van der Waals surface area (Å²) in [7, 11) is 0. The van der Waals surface area contributed by atoms with Gasteiger partial charge in [-0.15, -0.1) is 0 Å². The topological polar surface area (TPSA) is 124 Å². The Labute approximate surface area is 162 Å². The largest absolute Gasteiger partial charge is 0.463 e. The van der Waals surface area contributed by atoms with Crippen molar-refractivity contribution in [3.8, 4) is 0 Å². The van der Waals surface area contributed by atoms with Crippen LogP contribution in [0.1, 0.15) is 40.5 Å². The van der Waals surface area contributed by atoms with Gasteiger partial charge in [0.05, 0.1) is 6.61 Å². The average molecular weight is 402 g/mol. The van der Waals surface area contributed by atoms with Gasteiger partial charge in [0, 0.05) is 27.7 Å². The number of esters is 4. The van der Waals surface area contributed by atoms with Crippen LogP contribution in [0.3, 0.4) is 0 Å². The van der Waals surface area contributed by atoms with Crippen molar-refractivity contribution < 1.29 is 47.6 Å².